The monoisotopic (exact) mass is 216 g/mol. The second-order valence-corrected chi connectivity index (χ2v) is 0.638. The van der Waals surface area contributed by atoms with Crippen LogP contribution in [0, 0.1) is 0 Å². The molecule has 4 N–H and O–H groups in total. The molecule has 0 unspecified atom stereocenters. The van der Waals surface area contributed by atoms with E-state index in [1.807, 2.05) is 0 Å². The maximum Gasteiger partial charge on any atom is 2.00 e. The Labute approximate surface area is 76.8 Å². The maximum absolute atomic E-state index is 8.67. The SMILES string of the molecule is NC(=O)[O-].NC(=O)[O-].[S].[Zn+2]. The topological polar surface area (TPSA) is 132 Å². The van der Waals surface area contributed by atoms with Gasteiger partial charge in [0.1, 0.15) is 12.2 Å². The van der Waals surface area contributed by atoms with Crippen LogP contribution in [0.4, 0.5) is 9.59 Å². The number of carbonyl (C=O) groups is 2. The van der Waals surface area contributed by atoms with Gasteiger partial charge in [-0.25, -0.2) is 0 Å². The zero-order valence-electron chi connectivity index (χ0n) is 4.90. The molecular weight excluding hydrogens is 213 g/mol. The average Bonchev–Trinajstić information content (AvgIpc) is 1.25. The molecule has 0 aromatic carbocycles. The Balaban J connectivity index is -0.0000000300. The quantitative estimate of drug-likeness (QED) is 0.425. The van der Waals surface area contributed by atoms with Crippen LogP contribution in [0.25, 0.3) is 0 Å². The fraction of sp³-hybridized carbons (Fsp3) is 0. The molecule has 0 heterocycles. The summed E-state index contributed by atoms with van der Waals surface area (Å²) in [6.45, 7) is 0. The van der Waals surface area contributed by atoms with E-state index in [-0.39, 0.29) is 33.0 Å². The Bertz CT molecular complexity index is 79.3. The van der Waals surface area contributed by atoms with E-state index in [9.17, 15) is 0 Å². The Morgan fingerprint density at radius 2 is 1.00 bits per heavy atom. The van der Waals surface area contributed by atoms with Crippen molar-refractivity contribution in [3.05, 3.63) is 0 Å². The number of hydrogen-bond acceptors (Lipinski definition) is 4. The molecule has 54 valence electrons. The van der Waals surface area contributed by atoms with Gasteiger partial charge >= 0.3 is 19.5 Å². The van der Waals surface area contributed by atoms with Crippen molar-refractivity contribution in [1.29, 1.82) is 0 Å². The second-order valence-electron chi connectivity index (χ2n) is 0.638. The molecule has 2 amide bonds. The molecule has 0 atom stereocenters. The fourth-order valence-corrected chi connectivity index (χ4v) is 0. The molecule has 2 radical (unpaired) electrons. The number of rotatable bonds is 0. The van der Waals surface area contributed by atoms with Gasteiger partial charge in [-0.2, -0.15) is 0 Å². The van der Waals surface area contributed by atoms with Crippen LogP contribution in [0.1, 0.15) is 0 Å². The normalized spacial score (nSPS) is 4.80. The predicted molar refractivity (Wildman–Crippen MR) is 26.8 cm³/mol. The third-order valence-corrected chi connectivity index (χ3v) is 0. The first-order valence-electron chi connectivity index (χ1n) is 1.39. The molecule has 8 heteroatoms. The molecule has 0 saturated heterocycles. The van der Waals surface area contributed by atoms with Gasteiger partial charge in [-0.3, -0.25) is 0 Å². The van der Waals surface area contributed by atoms with Gasteiger partial charge < -0.3 is 31.3 Å². The van der Waals surface area contributed by atoms with E-state index in [0.29, 0.717) is 0 Å². The van der Waals surface area contributed by atoms with E-state index < -0.39 is 12.2 Å². The van der Waals surface area contributed by atoms with E-state index >= 15 is 0 Å². The largest absolute Gasteiger partial charge is 2.00 e. The summed E-state index contributed by atoms with van der Waals surface area (Å²) in [5.74, 6) is 0. The van der Waals surface area contributed by atoms with Gasteiger partial charge in [0.25, 0.3) is 0 Å². The molecule has 0 rings (SSSR count). The van der Waals surface area contributed by atoms with Gasteiger partial charge in [-0.1, -0.05) is 0 Å². The summed E-state index contributed by atoms with van der Waals surface area (Å²) >= 11 is 0. The number of nitrogens with two attached hydrogens (primary N) is 2. The van der Waals surface area contributed by atoms with Crippen molar-refractivity contribution < 1.29 is 39.3 Å². The molecule has 0 aliphatic heterocycles. The summed E-state index contributed by atoms with van der Waals surface area (Å²) in [6.07, 6.45) is -3.17. The third-order valence-electron chi connectivity index (χ3n) is 0. The first kappa shape index (κ1) is 22.7. The van der Waals surface area contributed by atoms with Gasteiger partial charge in [-0.15, -0.1) is 0 Å². The number of hydrogen-bond donors (Lipinski definition) is 2. The van der Waals surface area contributed by atoms with E-state index in [2.05, 4.69) is 11.5 Å². The van der Waals surface area contributed by atoms with Crippen LogP contribution in [-0.4, -0.2) is 12.2 Å². The molecule has 0 spiro atoms. The maximum atomic E-state index is 8.67. The van der Waals surface area contributed by atoms with Crippen molar-refractivity contribution in [2.24, 2.45) is 11.5 Å². The predicted octanol–water partition coefficient (Wildman–Crippen LogP) is -2.78. The minimum absolute atomic E-state index is 0. The Morgan fingerprint density at radius 3 is 1.00 bits per heavy atom. The first-order valence-corrected chi connectivity index (χ1v) is 1.39. The van der Waals surface area contributed by atoms with Crippen molar-refractivity contribution in [3.8, 4) is 0 Å². The summed E-state index contributed by atoms with van der Waals surface area (Å²) in [7, 11) is 0. The Morgan fingerprint density at radius 1 is 1.00 bits per heavy atom. The third kappa shape index (κ3) is 1350. The van der Waals surface area contributed by atoms with E-state index in [1.54, 1.807) is 0 Å². The summed E-state index contributed by atoms with van der Waals surface area (Å²) in [5, 5.41) is 17.3. The summed E-state index contributed by atoms with van der Waals surface area (Å²) in [6, 6.07) is 0. The minimum atomic E-state index is -1.58. The molecular formula is C2H4N2O4SZn. The molecule has 0 aliphatic rings. The minimum Gasteiger partial charge on any atom is -0.530 e. The summed E-state index contributed by atoms with van der Waals surface area (Å²) in [5.41, 5.74) is 7.83. The smallest absolute Gasteiger partial charge is 0.530 e. The van der Waals surface area contributed by atoms with Crippen molar-refractivity contribution in [2.45, 2.75) is 0 Å². The van der Waals surface area contributed by atoms with Crippen LogP contribution in [-0.2, 0) is 19.5 Å². The van der Waals surface area contributed by atoms with E-state index in [1.165, 1.54) is 0 Å². The molecule has 0 aliphatic carbocycles. The van der Waals surface area contributed by atoms with Crippen LogP contribution < -0.4 is 21.7 Å². The van der Waals surface area contributed by atoms with Crippen LogP contribution in [0.2, 0.25) is 0 Å². The van der Waals surface area contributed by atoms with Gasteiger partial charge in [0.15, 0.2) is 0 Å². The zero-order chi connectivity index (χ0) is 7.15. The molecule has 0 bridgehead atoms. The molecule has 6 nitrogen and oxygen atoms in total. The standard InChI is InChI=1S/2CH3NO2.S.Zn/c2*2-1(3)4;;/h2*2H2,(H,3,4);;/q;;;+2/p-2. The van der Waals surface area contributed by atoms with Crippen LogP contribution in [0.3, 0.4) is 0 Å². The van der Waals surface area contributed by atoms with Gasteiger partial charge in [0.2, 0.25) is 0 Å². The number of amides is 2. The molecule has 10 heavy (non-hydrogen) atoms. The summed E-state index contributed by atoms with van der Waals surface area (Å²) in [4.78, 5) is 17.3. The van der Waals surface area contributed by atoms with Crippen molar-refractivity contribution in [2.75, 3.05) is 0 Å². The Hall–Kier alpha value is -0.487. The first-order chi connectivity index (χ1) is 3.46. The van der Waals surface area contributed by atoms with Crippen molar-refractivity contribution in [3.63, 3.8) is 0 Å². The summed E-state index contributed by atoms with van der Waals surface area (Å²) < 4.78 is 0. The van der Waals surface area contributed by atoms with Crippen molar-refractivity contribution >= 4 is 25.7 Å². The van der Waals surface area contributed by atoms with Crippen molar-refractivity contribution in [1.82, 2.24) is 0 Å². The van der Waals surface area contributed by atoms with Crippen LogP contribution in [0.5, 0.6) is 0 Å². The van der Waals surface area contributed by atoms with Gasteiger partial charge in [0, 0.05) is 13.5 Å². The van der Waals surface area contributed by atoms with Gasteiger partial charge in [-0.05, 0) is 0 Å². The van der Waals surface area contributed by atoms with Crippen LogP contribution >= 0.6 is 13.5 Å². The number of carboxylic acid groups (broad SMARTS) is 2. The number of carbonyl (C=O) groups excluding carboxylic acids is 2. The molecule has 0 aromatic rings. The molecule has 0 fully saturated rings. The van der Waals surface area contributed by atoms with E-state index in [0.717, 1.165) is 0 Å². The average molecular weight is 218 g/mol. The Kier molecular flexibility index (Phi) is 35.9. The number of primary amides is 2. The van der Waals surface area contributed by atoms with Gasteiger partial charge in [0.05, 0.1) is 0 Å². The van der Waals surface area contributed by atoms with Crippen LogP contribution in [0.15, 0.2) is 0 Å². The fourth-order valence-electron chi connectivity index (χ4n) is 0. The molecule has 0 aromatic heterocycles. The second kappa shape index (κ2) is 15.8. The molecule has 0 saturated carbocycles. The zero-order valence-corrected chi connectivity index (χ0v) is 8.69. The van der Waals surface area contributed by atoms with E-state index in [4.69, 9.17) is 19.8 Å².